The summed E-state index contributed by atoms with van der Waals surface area (Å²) in [6, 6.07) is 2.84. The van der Waals surface area contributed by atoms with Crippen molar-refractivity contribution < 1.29 is 9.59 Å². The molecule has 19 heavy (non-hydrogen) atoms. The summed E-state index contributed by atoms with van der Waals surface area (Å²) in [5.74, 6) is -0.0534. The first kappa shape index (κ1) is 13.6. The van der Waals surface area contributed by atoms with E-state index in [0.717, 1.165) is 6.42 Å². The van der Waals surface area contributed by atoms with Gasteiger partial charge in [0.1, 0.15) is 11.7 Å². The van der Waals surface area contributed by atoms with Crippen molar-refractivity contribution in [3.63, 3.8) is 0 Å². The van der Waals surface area contributed by atoms with Crippen LogP contribution in [0.2, 0.25) is 0 Å². The quantitative estimate of drug-likeness (QED) is 0.727. The average molecular weight is 263 g/mol. The third kappa shape index (κ3) is 3.84. The summed E-state index contributed by atoms with van der Waals surface area (Å²) in [4.78, 5) is 26.1. The van der Waals surface area contributed by atoms with E-state index >= 15 is 0 Å². The van der Waals surface area contributed by atoms with Crippen molar-refractivity contribution >= 4 is 11.8 Å². The summed E-state index contributed by atoms with van der Waals surface area (Å²) in [5.41, 5.74) is 5.81. The van der Waals surface area contributed by atoms with Crippen LogP contribution in [0.1, 0.15) is 49.0 Å². The molecule has 0 radical (unpaired) electrons. The highest BCUT2D eigenvalue weighted by atomic mass is 16.2. The third-order valence-corrected chi connectivity index (χ3v) is 3.83. The van der Waals surface area contributed by atoms with E-state index in [1.54, 1.807) is 18.3 Å². The monoisotopic (exact) mass is 263 g/mol. The van der Waals surface area contributed by atoms with E-state index in [1.807, 2.05) is 0 Å². The van der Waals surface area contributed by atoms with Crippen LogP contribution < -0.4 is 11.1 Å². The minimum absolute atomic E-state index is 0.278. The maximum Gasteiger partial charge on any atom is 0.268 e. The number of hydrogen-bond donors (Lipinski definition) is 3. The van der Waals surface area contributed by atoms with Crippen molar-refractivity contribution in [1.82, 2.24) is 10.3 Å². The second-order valence-electron chi connectivity index (χ2n) is 5.24. The van der Waals surface area contributed by atoms with Crippen molar-refractivity contribution in [1.29, 1.82) is 0 Å². The number of aromatic amines is 1. The molecule has 1 heterocycles. The van der Waals surface area contributed by atoms with E-state index in [1.165, 1.54) is 25.7 Å². The predicted octanol–water partition coefficient (Wildman–Crippen LogP) is 1.57. The van der Waals surface area contributed by atoms with E-state index < -0.39 is 11.9 Å². The Hall–Kier alpha value is -1.78. The van der Waals surface area contributed by atoms with Gasteiger partial charge in [-0.3, -0.25) is 9.59 Å². The molecule has 1 atom stereocenters. The molecule has 1 aliphatic carbocycles. The number of carbonyl (C=O) groups is 2. The largest absolute Gasteiger partial charge is 0.368 e. The fraction of sp³-hybridized carbons (Fsp3) is 0.571. The summed E-state index contributed by atoms with van der Waals surface area (Å²) < 4.78 is 0. The van der Waals surface area contributed by atoms with Gasteiger partial charge in [0.2, 0.25) is 5.91 Å². The number of nitrogens with two attached hydrogens (primary N) is 1. The van der Waals surface area contributed by atoms with Crippen molar-refractivity contribution in [2.24, 2.45) is 11.7 Å². The molecule has 0 saturated heterocycles. The van der Waals surface area contributed by atoms with Gasteiger partial charge in [0.25, 0.3) is 5.91 Å². The summed E-state index contributed by atoms with van der Waals surface area (Å²) in [6.45, 7) is 0. The number of primary amides is 1. The minimum Gasteiger partial charge on any atom is -0.368 e. The lowest BCUT2D eigenvalue weighted by Crippen LogP contribution is -2.44. The van der Waals surface area contributed by atoms with Crippen LogP contribution in [0.15, 0.2) is 18.3 Å². The van der Waals surface area contributed by atoms with Gasteiger partial charge in [-0.2, -0.15) is 0 Å². The molecule has 0 aromatic carbocycles. The molecule has 104 valence electrons. The number of aromatic nitrogens is 1. The van der Waals surface area contributed by atoms with E-state index in [4.69, 9.17) is 5.73 Å². The lowest BCUT2D eigenvalue weighted by molar-refractivity contribution is -0.120. The SMILES string of the molecule is NC(=O)C(CCC1CCCC1)NC(=O)c1ccc[nH]1. The lowest BCUT2D eigenvalue weighted by atomic mass is 9.98. The molecule has 1 fully saturated rings. The van der Waals surface area contributed by atoms with Crippen LogP contribution in [-0.2, 0) is 4.79 Å². The molecule has 1 unspecified atom stereocenters. The fourth-order valence-corrected chi connectivity index (χ4v) is 2.69. The van der Waals surface area contributed by atoms with Crippen LogP contribution in [0.25, 0.3) is 0 Å². The summed E-state index contributed by atoms with van der Waals surface area (Å²) in [5, 5.41) is 2.70. The van der Waals surface area contributed by atoms with Crippen molar-refractivity contribution in [3.8, 4) is 0 Å². The van der Waals surface area contributed by atoms with E-state index in [2.05, 4.69) is 10.3 Å². The molecule has 1 saturated carbocycles. The Morgan fingerprint density at radius 1 is 1.42 bits per heavy atom. The van der Waals surface area contributed by atoms with Crippen LogP contribution in [0, 0.1) is 5.92 Å². The highest BCUT2D eigenvalue weighted by Crippen LogP contribution is 2.28. The molecule has 1 aliphatic rings. The van der Waals surface area contributed by atoms with Crippen LogP contribution >= 0.6 is 0 Å². The Labute approximate surface area is 112 Å². The van der Waals surface area contributed by atoms with E-state index in [0.29, 0.717) is 18.0 Å². The van der Waals surface area contributed by atoms with Gasteiger partial charge in [0.15, 0.2) is 0 Å². The Balaban J connectivity index is 1.85. The number of rotatable bonds is 6. The highest BCUT2D eigenvalue weighted by molar-refractivity contribution is 5.95. The fourth-order valence-electron chi connectivity index (χ4n) is 2.69. The number of hydrogen-bond acceptors (Lipinski definition) is 2. The molecule has 1 aromatic heterocycles. The lowest BCUT2D eigenvalue weighted by Gasteiger charge is -2.17. The van der Waals surface area contributed by atoms with Crippen LogP contribution in [0.4, 0.5) is 0 Å². The van der Waals surface area contributed by atoms with E-state index in [-0.39, 0.29) is 5.91 Å². The van der Waals surface area contributed by atoms with Gasteiger partial charge in [-0.1, -0.05) is 25.7 Å². The first-order chi connectivity index (χ1) is 9.16. The first-order valence-corrected chi connectivity index (χ1v) is 6.90. The van der Waals surface area contributed by atoms with Gasteiger partial charge in [0, 0.05) is 6.20 Å². The normalized spacial score (nSPS) is 17.3. The Kier molecular flexibility index (Phi) is 4.60. The molecule has 0 aliphatic heterocycles. The summed E-state index contributed by atoms with van der Waals surface area (Å²) >= 11 is 0. The van der Waals surface area contributed by atoms with Gasteiger partial charge in [-0.25, -0.2) is 0 Å². The average Bonchev–Trinajstić information content (AvgIpc) is 3.05. The Morgan fingerprint density at radius 2 is 2.16 bits per heavy atom. The van der Waals surface area contributed by atoms with Gasteiger partial charge in [0.05, 0.1) is 0 Å². The molecule has 2 rings (SSSR count). The van der Waals surface area contributed by atoms with E-state index in [9.17, 15) is 9.59 Å². The standard InChI is InChI=1S/C14H21N3O2/c15-13(18)11(8-7-10-4-1-2-5-10)17-14(19)12-6-3-9-16-12/h3,6,9-11,16H,1-2,4-5,7-8H2,(H2,15,18)(H,17,19). The van der Waals surface area contributed by atoms with Crippen LogP contribution in [0.3, 0.4) is 0 Å². The molecule has 0 spiro atoms. The molecule has 1 aromatic rings. The van der Waals surface area contributed by atoms with Crippen molar-refractivity contribution in [2.45, 2.75) is 44.6 Å². The molecule has 5 nitrogen and oxygen atoms in total. The highest BCUT2D eigenvalue weighted by Gasteiger charge is 2.22. The molecule has 2 amide bonds. The number of H-pyrrole nitrogens is 1. The molecule has 0 bridgehead atoms. The van der Waals surface area contributed by atoms with Gasteiger partial charge in [-0.15, -0.1) is 0 Å². The minimum atomic E-state index is -0.573. The number of nitrogens with one attached hydrogen (secondary N) is 2. The second-order valence-corrected chi connectivity index (χ2v) is 5.24. The van der Waals surface area contributed by atoms with Crippen LogP contribution in [0.5, 0.6) is 0 Å². The smallest absolute Gasteiger partial charge is 0.268 e. The third-order valence-electron chi connectivity index (χ3n) is 3.83. The van der Waals surface area contributed by atoms with Gasteiger partial charge >= 0.3 is 0 Å². The Bertz CT molecular complexity index is 422. The maximum atomic E-state index is 11.9. The zero-order chi connectivity index (χ0) is 13.7. The summed E-state index contributed by atoms with van der Waals surface area (Å²) in [6.07, 6.45) is 8.28. The van der Waals surface area contributed by atoms with Crippen LogP contribution in [-0.4, -0.2) is 22.8 Å². The van der Waals surface area contributed by atoms with Crippen molar-refractivity contribution in [2.75, 3.05) is 0 Å². The van der Waals surface area contributed by atoms with Crippen molar-refractivity contribution in [3.05, 3.63) is 24.0 Å². The number of amides is 2. The molecule has 4 N–H and O–H groups in total. The maximum absolute atomic E-state index is 11.9. The van der Waals surface area contributed by atoms with Gasteiger partial charge < -0.3 is 16.0 Å². The Morgan fingerprint density at radius 3 is 2.74 bits per heavy atom. The molecule has 5 heteroatoms. The second kappa shape index (κ2) is 6.41. The first-order valence-electron chi connectivity index (χ1n) is 6.90. The molecular weight excluding hydrogens is 242 g/mol. The molecular formula is C14H21N3O2. The zero-order valence-corrected chi connectivity index (χ0v) is 11.0. The zero-order valence-electron chi connectivity index (χ0n) is 11.0. The number of carbonyl (C=O) groups excluding carboxylic acids is 2. The predicted molar refractivity (Wildman–Crippen MR) is 72.4 cm³/mol. The topological polar surface area (TPSA) is 88.0 Å². The summed E-state index contributed by atoms with van der Waals surface area (Å²) in [7, 11) is 0. The van der Waals surface area contributed by atoms with Gasteiger partial charge in [-0.05, 0) is 30.9 Å².